The molecule has 2 amide bonds. The zero-order valence-electron chi connectivity index (χ0n) is 17.3. The number of halogens is 1. The molecule has 2 atom stereocenters. The topological polar surface area (TPSA) is 70.2 Å². The van der Waals surface area contributed by atoms with Gasteiger partial charge in [-0.25, -0.2) is 0 Å². The first kappa shape index (κ1) is 22.5. The average Bonchev–Trinajstić information content (AvgIpc) is 2.77. The molecule has 0 saturated heterocycles. The van der Waals surface area contributed by atoms with Crippen LogP contribution >= 0.6 is 12.4 Å². The Balaban J connectivity index is 0.00000272. The van der Waals surface area contributed by atoms with Crippen molar-refractivity contribution in [2.45, 2.75) is 32.0 Å². The minimum Gasteiger partial charge on any atom is -0.339 e. The molecule has 5 nitrogen and oxygen atoms in total. The van der Waals surface area contributed by atoms with E-state index in [1.165, 1.54) is 5.56 Å². The summed E-state index contributed by atoms with van der Waals surface area (Å²) in [6.45, 7) is 2.61. The van der Waals surface area contributed by atoms with Gasteiger partial charge in [0, 0.05) is 12.2 Å². The summed E-state index contributed by atoms with van der Waals surface area (Å²) < 4.78 is 0. The second-order valence-corrected chi connectivity index (χ2v) is 7.62. The maximum Gasteiger partial charge on any atom is 0.251 e. The van der Waals surface area contributed by atoms with Crippen LogP contribution in [0, 0.1) is 6.92 Å². The van der Waals surface area contributed by atoms with Crippen LogP contribution < -0.4 is 16.0 Å². The van der Waals surface area contributed by atoms with Crippen molar-refractivity contribution >= 4 is 29.9 Å². The van der Waals surface area contributed by atoms with Crippen molar-refractivity contribution < 1.29 is 9.59 Å². The van der Waals surface area contributed by atoms with Crippen molar-refractivity contribution in [3.63, 3.8) is 0 Å². The van der Waals surface area contributed by atoms with Crippen molar-refractivity contribution in [1.82, 2.24) is 10.6 Å². The van der Waals surface area contributed by atoms with E-state index in [1.54, 1.807) is 0 Å². The van der Waals surface area contributed by atoms with Crippen LogP contribution in [0.2, 0.25) is 0 Å². The van der Waals surface area contributed by atoms with Crippen molar-refractivity contribution in [3.8, 4) is 0 Å². The molecule has 3 aromatic carbocycles. The average molecular weight is 436 g/mol. The van der Waals surface area contributed by atoms with E-state index < -0.39 is 6.04 Å². The Hall–Kier alpha value is -3.15. The second kappa shape index (κ2) is 10.2. The van der Waals surface area contributed by atoms with Gasteiger partial charge in [0.05, 0.1) is 6.04 Å². The van der Waals surface area contributed by atoms with Crippen LogP contribution in [-0.2, 0) is 22.6 Å². The summed E-state index contributed by atoms with van der Waals surface area (Å²) in [7, 11) is 0. The lowest BCUT2D eigenvalue weighted by Gasteiger charge is -2.27. The van der Waals surface area contributed by atoms with Gasteiger partial charge in [-0.1, -0.05) is 66.7 Å². The number of aryl methyl sites for hydroxylation is 1. The number of rotatable bonds is 5. The van der Waals surface area contributed by atoms with Crippen LogP contribution in [0.5, 0.6) is 0 Å². The number of hydrogen-bond acceptors (Lipinski definition) is 3. The van der Waals surface area contributed by atoms with Crippen molar-refractivity contribution in [2.24, 2.45) is 0 Å². The van der Waals surface area contributed by atoms with Crippen molar-refractivity contribution in [3.05, 3.63) is 101 Å². The largest absolute Gasteiger partial charge is 0.339 e. The van der Waals surface area contributed by atoms with Crippen LogP contribution in [0.3, 0.4) is 0 Å². The third kappa shape index (κ3) is 5.51. The molecule has 4 rings (SSSR count). The highest BCUT2D eigenvalue weighted by Gasteiger charge is 2.29. The van der Waals surface area contributed by atoms with E-state index in [0.29, 0.717) is 18.7 Å². The zero-order chi connectivity index (χ0) is 20.9. The first-order chi connectivity index (χ1) is 14.6. The molecule has 0 fully saturated rings. The summed E-state index contributed by atoms with van der Waals surface area (Å²) in [6, 6.07) is 23.9. The Bertz CT molecular complexity index is 1060. The standard InChI is InChI=1S/C25H25N3O2.ClH/c1-17-8-7-13-21(14-17)27-25(30)23(18-9-3-2-4-10-18)28-24(29)22-15-19-11-5-6-12-20(19)16-26-22;/h2-14,22-23,26H,15-16H2,1H3,(H,27,30)(H,28,29);1H/t22-,23+;/m0./s1. The minimum atomic E-state index is -0.779. The molecule has 31 heavy (non-hydrogen) atoms. The smallest absolute Gasteiger partial charge is 0.251 e. The fourth-order valence-electron chi connectivity index (χ4n) is 3.77. The van der Waals surface area contributed by atoms with Crippen LogP contribution in [0.25, 0.3) is 0 Å². The van der Waals surface area contributed by atoms with E-state index in [0.717, 1.165) is 16.7 Å². The quantitative estimate of drug-likeness (QED) is 0.568. The number of amides is 2. The first-order valence-electron chi connectivity index (χ1n) is 10.1. The molecule has 1 aliphatic heterocycles. The third-order valence-corrected chi connectivity index (χ3v) is 5.37. The Labute approximate surface area is 188 Å². The monoisotopic (exact) mass is 435 g/mol. The summed E-state index contributed by atoms with van der Waals surface area (Å²) in [5.74, 6) is -0.450. The molecule has 0 saturated carbocycles. The first-order valence-corrected chi connectivity index (χ1v) is 10.1. The molecule has 160 valence electrons. The number of carbonyl (C=O) groups is 2. The zero-order valence-corrected chi connectivity index (χ0v) is 18.1. The lowest BCUT2D eigenvalue weighted by atomic mass is 9.95. The Morgan fingerprint density at radius 2 is 1.65 bits per heavy atom. The van der Waals surface area contributed by atoms with E-state index in [2.05, 4.69) is 28.1 Å². The van der Waals surface area contributed by atoms with Gasteiger partial charge in [-0.05, 0) is 47.7 Å². The Kier molecular flexibility index (Phi) is 7.45. The summed E-state index contributed by atoms with van der Waals surface area (Å²) >= 11 is 0. The molecular weight excluding hydrogens is 410 g/mol. The molecule has 0 aliphatic carbocycles. The number of anilines is 1. The third-order valence-electron chi connectivity index (χ3n) is 5.37. The van der Waals surface area contributed by atoms with E-state index >= 15 is 0 Å². The maximum absolute atomic E-state index is 13.1. The highest BCUT2D eigenvalue weighted by Crippen LogP contribution is 2.20. The van der Waals surface area contributed by atoms with Crippen molar-refractivity contribution in [2.75, 3.05) is 5.32 Å². The van der Waals surface area contributed by atoms with Crippen LogP contribution in [0.4, 0.5) is 5.69 Å². The second-order valence-electron chi connectivity index (χ2n) is 7.62. The molecule has 0 radical (unpaired) electrons. The Morgan fingerprint density at radius 3 is 2.39 bits per heavy atom. The molecule has 1 aliphatic rings. The highest BCUT2D eigenvalue weighted by molar-refractivity contribution is 5.98. The molecule has 1 heterocycles. The van der Waals surface area contributed by atoms with E-state index in [1.807, 2.05) is 73.7 Å². The molecule has 0 spiro atoms. The van der Waals surface area contributed by atoms with Crippen LogP contribution in [0.1, 0.15) is 28.3 Å². The molecule has 3 N–H and O–H groups in total. The number of fused-ring (bicyclic) bond motifs is 1. The lowest BCUT2D eigenvalue weighted by molar-refractivity contribution is -0.128. The fraction of sp³-hybridized carbons (Fsp3) is 0.200. The summed E-state index contributed by atoms with van der Waals surface area (Å²) in [4.78, 5) is 26.1. The molecule has 3 aromatic rings. The molecule has 0 bridgehead atoms. The van der Waals surface area contributed by atoms with Crippen LogP contribution in [-0.4, -0.2) is 17.9 Å². The molecule has 0 aromatic heterocycles. The number of nitrogens with one attached hydrogen (secondary N) is 3. The van der Waals surface area contributed by atoms with Gasteiger partial charge in [0.2, 0.25) is 5.91 Å². The van der Waals surface area contributed by atoms with Gasteiger partial charge >= 0.3 is 0 Å². The Morgan fingerprint density at radius 1 is 0.935 bits per heavy atom. The highest BCUT2D eigenvalue weighted by atomic mass is 35.5. The van der Waals surface area contributed by atoms with Gasteiger partial charge in [-0.3, -0.25) is 9.59 Å². The van der Waals surface area contributed by atoms with Crippen LogP contribution in [0.15, 0.2) is 78.9 Å². The summed E-state index contributed by atoms with van der Waals surface area (Å²) in [5, 5.41) is 9.17. The lowest BCUT2D eigenvalue weighted by Crippen LogP contribution is -2.50. The van der Waals surface area contributed by atoms with Gasteiger partial charge < -0.3 is 16.0 Å². The normalized spacial score (nSPS) is 15.7. The molecule has 0 unspecified atom stereocenters. The molecule has 6 heteroatoms. The predicted octanol–water partition coefficient (Wildman–Crippen LogP) is 3.93. The van der Waals surface area contributed by atoms with Gasteiger partial charge in [0.25, 0.3) is 5.91 Å². The number of carbonyl (C=O) groups excluding carboxylic acids is 2. The van der Waals surface area contributed by atoms with E-state index in [-0.39, 0.29) is 30.3 Å². The fourth-order valence-corrected chi connectivity index (χ4v) is 3.77. The maximum atomic E-state index is 13.1. The minimum absolute atomic E-state index is 0. The van der Waals surface area contributed by atoms with E-state index in [4.69, 9.17) is 0 Å². The number of benzene rings is 3. The number of hydrogen-bond donors (Lipinski definition) is 3. The summed E-state index contributed by atoms with van der Waals surface area (Å²) in [6.07, 6.45) is 0.600. The van der Waals surface area contributed by atoms with Gasteiger partial charge in [0.15, 0.2) is 0 Å². The SMILES string of the molecule is Cc1cccc(NC(=O)[C@H](NC(=O)[C@@H]2Cc3ccccc3CN2)c2ccccc2)c1.Cl. The van der Waals surface area contributed by atoms with Gasteiger partial charge in [-0.15, -0.1) is 12.4 Å². The van der Waals surface area contributed by atoms with E-state index in [9.17, 15) is 9.59 Å². The van der Waals surface area contributed by atoms with Crippen molar-refractivity contribution in [1.29, 1.82) is 0 Å². The molecular formula is C25H26ClN3O2. The predicted molar refractivity (Wildman–Crippen MR) is 125 cm³/mol. The van der Waals surface area contributed by atoms with Gasteiger partial charge in [0.1, 0.15) is 6.04 Å². The van der Waals surface area contributed by atoms with Gasteiger partial charge in [-0.2, -0.15) is 0 Å². The summed E-state index contributed by atoms with van der Waals surface area (Å²) in [5.41, 5.74) is 4.88.